The molecule has 0 bridgehead atoms. The van der Waals surface area contributed by atoms with Crippen LogP contribution in [0.25, 0.3) is 11.6 Å². The monoisotopic (exact) mass is 1250 g/mol. The number of nitrogens with zero attached hydrogens (tertiary/aromatic N) is 10. The highest BCUT2D eigenvalue weighted by molar-refractivity contribution is 7.90. The van der Waals surface area contributed by atoms with Crippen LogP contribution in [0.3, 0.4) is 0 Å². The normalized spacial score (nSPS) is 18.8. The molecular formula is C60H84Cl2N12O9S2. The number of aryl methyl sites for hydroxylation is 2. The van der Waals surface area contributed by atoms with Crippen LogP contribution in [0, 0.1) is 33.5 Å². The molecule has 0 aliphatic heterocycles. The minimum absolute atomic E-state index is 0.0346. The van der Waals surface area contributed by atoms with Crippen LogP contribution >= 0.6 is 23.2 Å². The minimum Gasteiger partial charge on any atom is -0.478 e. The number of amides is 1. The van der Waals surface area contributed by atoms with E-state index in [9.17, 15) is 26.4 Å². The van der Waals surface area contributed by atoms with Crippen LogP contribution < -0.4 is 19.3 Å². The SMILES string of the molecule is CC1(C)CCC(CCCCn2ccc(S(=O)(=O)NC(=O)c3ccc(-n4ccc(OCCCC5(C)CC5)n4)nc3Cl)n2)C1.CC1(C)CCC(CCCCn2ccc(S(N)(=O)=O)n2)C1.CC1(CCCOc2ccn(-c3ccc(C(=O)O)c(Cl)n3)n2)CC1. The molecule has 10 rings (SSSR count). The number of halogens is 2. The first-order valence-corrected chi connectivity index (χ1v) is 33.5. The highest BCUT2D eigenvalue weighted by atomic mass is 35.5. The van der Waals surface area contributed by atoms with Gasteiger partial charge in [0.1, 0.15) is 10.3 Å². The maximum Gasteiger partial charge on any atom is 0.338 e. The van der Waals surface area contributed by atoms with Crippen molar-refractivity contribution in [3.63, 3.8) is 0 Å². The number of hydrogen-bond donors (Lipinski definition) is 3. The van der Waals surface area contributed by atoms with Gasteiger partial charge in [-0.25, -0.2) is 42.4 Å². The van der Waals surface area contributed by atoms with E-state index in [1.807, 2.05) is 0 Å². The summed E-state index contributed by atoms with van der Waals surface area (Å²) in [6, 6.07) is 12.2. The number of carboxylic acid groups (broad SMARTS) is 1. The molecule has 4 saturated carbocycles. The Morgan fingerprint density at radius 1 is 0.600 bits per heavy atom. The van der Waals surface area contributed by atoms with Crippen LogP contribution in [0.4, 0.5) is 0 Å². The van der Waals surface area contributed by atoms with Gasteiger partial charge in [-0.1, -0.05) is 90.4 Å². The van der Waals surface area contributed by atoms with Gasteiger partial charge >= 0.3 is 5.97 Å². The number of aromatic carboxylic acids is 1. The highest BCUT2D eigenvalue weighted by Crippen LogP contribution is 2.50. The van der Waals surface area contributed by atoms with Crippen molar-refractivity contribution in [3.05, 3.63) is 94.8 Å². The maximum absolute atomic E-state index is 12.9. The molecule has 2 unspecified atom stereocenters. The molecule has 464 valence electrons. The number of carbonyl (C=O) groups excluding carboxylic acids is 1. The summed E-state index contributed by atoms with van der Waals surface area (Å²) >= 11 is 12.2. The molecule has 4 aliphatic rings. The maximum atomic E-state index is 12.9. The summed E-state index contributed by atoms with van der Waals surface area (Å²) < 4.78 is 67.7. The van der Waals surface area contributed by atoms with Crippen molar-refractivity contribution < 1.29 is 41.0 Å². The topological polar surface area (TPSA) is 276 Å². The number of aromatic nitrogens is 10. The van der Waals surface area contributed by atoms with E-state index in [2.05, 4.69) is 76.6 Å². The fraction of sp³-hybridized carbons (Fsp3) is 0.600. The number of ether oxygens (including phenoxy) is 2. The number of sulfonamides is 2. The molecule has 25 heteroatoms. The molecule has 0 saturated heterocycles. The van der Waals surface area contributed by atoms with Crippen molar-refractivity contribution in [2.75, 3.05) is 13.2 Å². The second-order valence-corrected chi connectivity index (χ2v) is 29.7. The summed E-state index contributed by atoms with van der Waals surface area (Å²) in [7, 11) is -7.86. The number of hydrogen-bond acceptors (Lipinski definition) is 14. The molecule has 4 N–H and O–H groups in total. The van der Waals surface area contributed by atoms with Gasteiger partial charge in [-0.05, 0) is 173 Å². The van der Waals surface area contributed by atoms with E-state index in [4.69, 9.17) is 42.9 Å². The Labute approximate surface area is 510 Å². The number of carbonyl (C=O) groups is 2. The first-order valence-electron chi connectivity index (χ1n) is 29.8. The van der Waals surface area contributed by atoms with Gasteiger partial charge in [0.05, 0.1) is 24.3 Å². The van der Waals surface area contributed by atoms with Gasteiger partial charge in [-0.15, -0.1) is 10.2 Å². The number of primary sulfonamides is 1. The highest BCUT2D eigenvalue weighted by Gasteiger charge is 2.37. The van der Waals surface area contributed by atoms with Crippen LogP contribution in [0.1, 0.15) is 191 Å². The van der Waals surface area contributed by atoms with E-state index in [1.54, 1.807) is 58.4 Å². The first kappa shape index (κ1) is 65.1. The lowest BCUT2D eigenvalue weighted by atomic mass is 9.89. The molecule has 4 fully saturated rings. The summed E-state index contributed by atoms with van der Waals surface area (Å²) in [6.07, 6.45) is 30.8. The quantitative estimate of drug-likeness (QED) is 0.0319. The lowest BCUT2D eigenvalue weighted by molar-refractivity contribution is 0.0696. The fourth-order valence-electron chi connectivity index (χ4n) is 11.3. The predicted octanol–water partition coefficient (Wildman–Crippen LogP) is 12.3. The molecule has 2 atom stereocenters. The molecule has 21 nitrogen and oxygen atoms in total. The molecular weight excluding hydrogens is 1170 g/mol. The molecule has 4 aliphatic carbocycles. The third-order valence-corrected chi connectivity index (χ3v) is 19.6. The number of unbranched alkanes of at least 4 members (excludes halogenated alkanes) is 2. The minimum atomic E-state index is -4.19. The van der Waals surface area contributed by atoms with Crippen molar-refractivity contribution in [3.8, 4) is 23.4 Å². The van der Waals surface area contributed by atoms with Crippen LogP contribution in [0.15, 0.2) is 83.4 Å². The third kappa shape index (κ3) is 19.8. The Morgan fingerprint density at radius 3 is 1.45 bits per heavy atom. The number of carboxylic acids is 1. The van der Waals surface area contributed by atoms with Crippen LogP contribution in [-0.2, 0) is 33.1 Å². The van der Waals surface area contributed by atoms with Crippen molar-refractivity contribution in [1.29, 1.82) is 0 Å². The zero-order chi connectivity index (χ0) is 61.2. The number of nitrogens with one attached hydrogen (secondary N) is 1. The average Bonchev–Trinajstić information content (AvgIpc) is 3.76. The summed E-state index contributed by atoms with van der Waals surface area (Å²) in [6.45, 7) is 16.6. The van der Waals surface area contributed by atoms with Crippen molar-refractivity contribution >= 4 is 55.1 Å². The molecule has 6 aromatic heterocycles. The predicted molar refractivity (Wildman–Crippen MR) is 324 cm³/mol. The van der Waals surface area contributed by atoms with E-state index < -0.39 is 31.9 Å². The van der Waals surface area contributed by atoms with Crippen LogP contribution in [0.5, 0.6) is 11.8 Å². The summed E-state index contributed by atoms with van der Waals surface area (Å²) in [5, 5.41) is 30.3. The molecule has 85 heavy (non-hydrogen) atoms. The molecule has 6 aromatic rings. The standard InChI is InChI=1S/C30H41ClN6O4S.C16H18ClN3O3.C14H25N3O2S/c1-29(2)14-10-22(21-29)7-4-5-17-36-18-12-26(34-36)42(39,40)35-28(38)23-8-9-24(32-27(23)31)37-19-11-25(33-37)41-20-6-13-30(3)15-16-30;1-16(7-8-16)6-2-10-23-13-5-9-20(19-13)12-4-3-11(15(21)22)14(17)18-12;1-14(2)8-6-12(11-14)5-3-4-9-17-10-7-13(16-17)20(15,18)19/h8-9,11-12,18-19,22H,4-7,10,13-17,20-21H2,1-3H3,(H,35,38);3-5,9H,2,6-8,10H2,1H3,(H,21,22);7,10,12H,3-6,8-9,11H2,1-2H3,(H2,15,18,19). The summed E-state index contributed by atoms with van der Waals surface area (Å²) in [4.78, 5) is 32.0. The van der Waals surface area contributed by atoms with Gasteiger partial charge < -0.3 is 14.6 Å². The van der Waals surface area contributed by atoms with E-state index in [0.717, 1.165) is 56.9 Å². The van der Waals surface area contributed by atoms with Crippen molar-refractivity contribution in [1.82, 2.24) is 53.8 Å². The lowest BCUT2D eigenvalue weighted by Gasteiger charge is -2.17. The van der Waals surface area contributed by atoms with Gasteiger partial charge in [0.25, 0.3) is 26.0 Å². The van der Waals surface area contributed by atoms with Gasteiger partial charge in [0.15, 0.2) is 21.7 Å². The van der Waals surface area contributed by atoms with E-state index in [1.165, 1.54) is 124 Å². The third-order valence-electron chi connectivity index (χ3n) is 17.0. The van der Waals surface area contributed by atoms with Crippen LogP contribution in [-0.4, -0.2) is 96.1 Å². The zero-order valence-electron chi connectivity index (χ0n) is 49.9. The molecule has 1 amide bonds. The van der Waals surface area contributed by atoms with E-state index in [0.29, 0.717) is 64.8 Å². The second kappa shape index (κ2) is 27.9. The molecule has 0 aromatic carbocycles. The number of pyridine rings is 2. The second-order valence-electron chi connectivity index (χ2n) is 25.9. The van der Waals surface area contributed by atoms with E-state index in [-0.39, 0.29) is 31.5 Å². The van der Waals surface area contributed by atoms with Crippen LogP contribution in [0.2, 0.25) is 10.3 Å². The Hall–Kier alpha value is -5.88. The lowest BCUT2D eigenvalue weighted by Crippen LogP contribution is -2.31. The Balaban J connectivity index is 0.000000184. The summed E-state index contributed by atoms with van der Waals surface area (Å²) in [5.74, 6) is 1.45. The van der Waals surface area contributed by atoms with Gasteiger partial charge in [0.2, 0.25) is 11.8 Å². The Morgan fingerprint density at radius 2 is 1.05 bits per heavy atom. The molecule has 6 heterocycles. The fourth-order valence-corrected chi connectivity index (χ4v) is 13.1. The smallest absolute Gasteiger partial charge is 0.338 e. The Bertz CT molecular complexity index is 3460. The van der Waals surface area contributed by atoms with Crippen molar-refractivity contribution in [2.24, 2.45) is 38.6 Å². The largest absolute Gasteiger partial charge is 0.478 e. The molecule has 0 radical (unpaired) electrons. The average molecular weight is 1250 g/mol. The van der Waals surface area contributed by atoms with Crippen molar-refractivity contribution in [2.45, 2.75) is 193 Å². The van der Waals surface area contributed by atoms with Gasteiger partial charge in [0, 0.05) is 50.0 Å². The first-order chi connectivity index (χ1) is 40.1. The van der Waals surface area contributed by atoms with E-state index >= 15 is 0 Å². The van der Waals surface area contributed by atoms with Gasteiger partial charge in [-0.2, -0.15) is 18.6 Å². The zero-order valence-corrected chi connectivity index (χ0v) is 53.0. The summed E-state index contributed by atoms with van der Waals surface area (Å²) in [5.41, 5.74) is 1.90. The van der Waals surface area contributed by atoms with Gasteiger partial charge in [-0.3, -0.25) is 14.2 Å². The number of rotatable bonds is 27. The number of nitrogens with two attached hydrogens (primary N) is 1. The Kier molecular flexibility index (Phi) is 21.3. The molecule has 0 spiro atoms.